The van der Waals surface area contributed by atoms with Crippen molar-refractivity contribution < 1.29 is 9.53 Å². The van der Waals surface area contributed by atoms with Crippen LogP contribution in [0.5, 0.6) is 5.75 Å². The number of methoxy groups -OCH3 is 1. The van der Waals surface area contributed by atoms with Gasteiger partial charge in [0, 0.05) is 19.4 Å². The zero-order valence-electron chi connectivity index (χ0n) is 16.9. The van der Waals surface area contributed by atoms with Crippen LogP contribution in [-0.2, 0) is 0 Å². The lowest BCUT2D eigenvalue weighted by Gasteiger charge is -2.16. The molecule has 0 aliphatic carbocycles. The molecule has 0 fully saturated rings. The Labute approximate surface area is 178 Å². The van der Waals surface area contributed by atoms with E-state index in [-0.39, 0.29) is 23.2 Å². The summed E-state index contributed by atoms with van der Waals surface area (Å²) in [6.07, 6.45) is 4.34. The van der Waals surface area contributed by atoms with E-state index in [1.165, 1.54) is 19.6 Å². The normalized spacial score (nSPS) is 10.5. The lowest BCUT2D eigenvalue weighted by Crippen LogP contribution is -2.16. The van der Waals surface area contributed by atoms with Gasteiger partial charge < -0.3 is 26.4 Å². The Hall–Kier alpha value is -4.54. The molecule has 158 valence electrons. The van der Waals surface area contributed by atoms with Crippen molar-refractivity contribution in [2.75, 3.05) is 24.8 Å². The van der Waals surface area contributed by atoms with Crippen LogP contribution in [0.3, 0.4) is 0 Å². The number of hydrogen-bond acceptors (Lipinski definition) is 8. The molecule has 0 spiro atoms. The highest BCUT2D eigenvalue weighted by Gasteiger charge is 2.17. The average Bonchev–Trinajstić information content (AvgIpc) is 2.78. The van der Waals surface area contributed by atoms with Crippen LogP contribution in [0.15, 0.2) is 53.8 Å². The van der Waals surface area contributed by atoms with Gasteiger partial charge in [0.2, 0.25) is 5.95 Å². The summed E-state index contributed by atoms with van der Waals surface area (Å²) in [6, 6.07) is 10.5. The molecule has 0 saturated carbocycles. The number of aromatic nitrogens is 3. The van der Waals surface area contributed by atoms with Crippen molar-refractivity contribution in [1.29, 1.82) is 5.41 Å². The van der Waals surface area contributed by atoms with Gasteiger partial charge in [-0.25, -0.2) is 15.0 Å². The lowest BCUT2D eigenvalue weighted by atomic mass is 10.1. The molecule has 2 heterocycles. The van der Waals surface area contributed by atoms with Crippen LogP contribution >= 0.6 is 0 Å². The smallest absolute Gasteiger partial charge is 0.254 e. The minimum atomic E-state index is -0.701. The maximum Gasteiger partial charge on any atom is 0.254 e. The van der Waals surface area contributed by atoms with Crippen LogP contribution in [0.2, 0.25) is 0 Å². The quantitative estimate of drug-likeness (QED) is 0.273. The van der Waals surface area contributed by atoms with Gasteiger partial charge in [-0.05, 0) is 24.3 Å². The fourth-order valence-corrected chi connectivity index (χ4v) is 2.64. The van der Waals surface area contributed by atoms with Gasteiger partial charge in [0.15, 0.2) is 11.6 Å². The molecule has 0 aliphatic rings. The standard InChI is InChI=1S/C20H21N9O2/c1-23-11-26-17(21)12-6-5-7-14(16(12)31-2)27-19-13(18(22)30)10-25-20(29-19)28-15-8-3-4-9-24-15/h3-11H,1-2H3,(H2,22,30)(H2,21,23,26)(H2,24,25,27,28,29). The average molecular weight is 419 g/mol. The summed E-state index contributed by atoms with van der Waals surface area (Å²) >= 11 is 0. The molecular formula is C20H21N9O2. The zero-order valence-corrected chi connectivity index (χ0v) is 16.9. The third-order valence-corrected chi connectivity index (χ3v) is 4.01. The molecule has 2 aromatic heterocycles. The summed E-state index contributed by atoms with van der Waals surface area (Å²) in [4.78, 5) is 28.6. The van der Waals surface area contributed by atoms with Crippen LogP contribution in [-0.4, -0.2) is 47.2 Å². The number of carbonyl (C=O) groups excluding carboxylic acids is 1. The Balaban J connectivity index is 1.99. The van der Waals surface area contributed by atoms with E-state index in [0.717, 1.165) is 0 Å². The van der Waals surface area contributed by atoms with Crippen molar-refractivity contribution in [1.82, 2.24) is 20.3 Å². The van der Waals surface area contributed by atoms with Gasteiger partial charge in [-0.1, -0.05) is 12.1 Å². The van der Waals surface area contributed by atoms with Gasteiger partial charge in [0.1, 0.15) is 17.2 Å². The molecule has 3 aromatic rings. The molecule has 31 heavy (non-hydrogen) atoms. The monoisotopic (exact) mass is 419 g/mol. The number of nitrogens with two attached hydrogens (primary N) is 1. The van der Waals surface area contributed by atoms with Gasteiger partial charge >= 0.3 is 0 Å². The number of para-hydroxylation sites is 1. The Morgan fingerprint density at radius 1 is 1.16 bits per heavy atom. The molecule has 0 bridgehead atoms. The SMILES string of the molecule is CN/C=N\C(=N)c1cccc(Nc2nc(Nc3ccccn3)ncc2C(N)=O)c1OC. The predicted octanol–water partition coefficient (Wildman–Crippen LogP) is 2.04. The number of amidine groups is 1. The minimum absolute atomic E-state index is 0.00910. The number of hydrogen-bond donors (Lipinski definition) is 5. The molecule has 0 atom stereocenters. The maximum absolute atomic E-state index is 11.9. The highest BCUT2D eigenvalue weighted by molar-refractivity contribution is 6.04. The molecule has 11 nitrogen and oxygen atoms in total. The van der Waals surface area contributed by atoms with Crippen LogP contribution in [0.4, 0.5) is 23.3 Å². The minimum Gasteiger partial charge on any atom is -0.494 e. The summed E-state index contributed by atoms with van der Waals surface area (Å²) in [5, 5.41) is 16.9. The molecular weight excluding hydrogens is 398 g/mol. The second-order valence-electron chi connectivity index (χ2n) is 6.07. The van der Waals surface area contributed by atoms with E-state index >= 15 is 0 Å². The molecule has 11 heteroatoms. The number of benzene rings is 1. The molecule has 0 unspecified atom stereocenters. The first-order chi connectivity index (χ1) is 15.0. The third kappa shape index (κ3) is 5.09. The van der Waals surface area contributed by atoms with Crippen LogP contribution < -0.4 is 26.4 Å². The molecule has 6 N–H and O–H groups in total. The van der Waals surface area contributed by atoms with Gasteiger partial charge in [0.25, 0.3) is 5.91 Å². The highest BCUT2D eigenvalue weighted by atomic mass is 16.5. The highest BCUT2D eigenvalue weighted by Crippen LogP contribution is 2.32. The fourth-order valence-electron chi connectivity index (χ4n) is 2.64. The van der Waals surface area contributed by atoms with Crippen molar-refractivity contribution >= 4 is 41.4 Å². The fraction of sp³-hybridized carbons (Fsp3) is 0.100. The number of nitrogens with zero attached hydrogens (tertiary/aromatic N) is 4. The number of amides is 1. The van der Waals surface area contributed by atoms with Crippen LogP contribution in [0.25, 0.3) is 0 Å². The van der Waals surface area contributed by atoms with E-state index in [0.29, 0.717) is 22.8 Å². The third-order valence-electron chi connectivity index (χ3n) is 4.01. The number of pyridine rings is 1. The number of carbonyl (C=O) groups is 1. The molecule has 0 radical (unpaired) electrons. The second kappa shape index (κ2) is 9.78. The number of aliphatic imine (C=N–C) groups is 1. The molecule has 0 aliphatic heterocycles. The lowest BCUT2D eigenvalue weighted by molar-refractivity contribution is 0.100. The number of anilines is 4. The van der Waals surface area contributed by atoms with Crippen molar-refractivity contribution in [2.45, 2.75) is 0 Å². The Bertz CT molecular complexity index is 1120. The topological polar surface area (TPSA) is 163 Å². The maximum atomic E-state index is 11.9. The number of primary amides is 1. The summed E-state index contributed by atoms with van der Waals surface area (Å²) in [7, 11) is 3.16. The van der Waals surface area contributed by atoms with Crippen molar-refractivity contribution in [3.8, 4) is 5.75 Å². The Morgan fingerprint density at radius 2 is 2.00 bits per heavy atom. The number of rotatable bonds is 8. The van der Waals surface area contributed by atoms with Gasteiger partial charge in [-0.15, -0.1) is 0 Å². The van der Waals surface area contributed by atoms with Crippen LogP contribution in [0.1, 0.15) is 15.9 Å². The molecule has 0 saturated heterocycles. The van der Waals surface area contributed by atoms with E-state index in [1.54, 1.807) is 43.6 Å². The largest absolute Gasteiger partial charge is 0.494 e. The van der Waals surface area contributed by atoms with Crippen LogP contribution in [0, 0.1) is 5.41 Å². The summed E-state index contributed by atoms with van der Waals surface area (Å²) in [5.74, 6) is 0.567. The van der Waals surface area contributed by atoms with E-state index in [1.807, 2.05) is 6.07 Å². The van der Waals surface area contributed by atoms with Gasteiger partial charge in [-0.3, -0.25) is 10.2 Å². The first-order valence-electron chi connectivity index (χ1n) is 9.11. The van der Waals surface area contributed by atoms with Crippen molar-refractivity contribution in [3.05, 3.63) is 59.9 Å². The van der Waals surface area contributed by atoms with Gasteiger partial charge in [-0.2, -0.15) is 4.98 Å². The number of nitrogens with one attached hydrogen (secondary N) is 4. The van der Waals surface area contributed by atoms with Gasteiger partial charge in [0.05, 0.1) is 24.7 Å². The van der Waals surface area contributed by atoms with E-state index < -0.39 is 5.91 Å². The first kappa shape index (κ1) is 21.2. The summed E-state index contributed by atoms with van der Waals surface area (Å²) < 4.78 is 5.49. The van der Waals surface area contributed by atoms with E-state index in [4.69, 9.17) is 15.9 Å². The summed E-state index contributed by atoms with van der Waals surface area (Å²) in [6.45, 7) is 0. The Morgan fingerprint density at radius 3 is 2.68 bits per heavy atom. The Kier molecular flexibility index (Phi) is 6.68. The summed E-state index contributed by atoms with van der Waals surface area (Å²) in [5.41, 5.74) is 6.49. The van der Waals surface area contributed by atoms with Crippen molar-refractivity contribution in [3.63, 3.8) is 0 Å². The predicted molar refractivity (Wildman–Crippen MR) is 119 cm³/mol. The van der Waals surface area contributed by atoms with Crippen molar-refractivity contribution in [2.24, 2.45) is 10.7 Å². The molecule has 1 amide bonds. The molecule has 3 rings (SSSR count). The molecule has 1 aromatic carbocycles. The van der Waals surface area contributed by atoms with E-state index in [2.05, 4.69) is 35.9 Å². The second-order valence-corrected chi connectivity index (χ2v) is 6.07. The zero-order chi connectivity index (χ0) is 22.2. The number of ether oxygens (including phenoxy) is 1. The van der Waals surface area contributed by atoms with E-state index in [9.17, 15) is 4.79 Å². The first-order valence-corrected chi connectivity index (χ1v) is 9.11.